The Morgan fingerprint density at radius 2 is 2.50 bits per heavy atom. The number of carbonyl (C=O) groups excluding carboxylic acids is 1. The number of Topliss-reactive ketones (excluding diaryl/α,β-unsaturated/α-hetero) is 1. The van der Waals surface area contributed by atoms with Crippen LogP contribution in [0.4, 0.5) is 0 Å². The van der Waals surface area contributed by atoms with Gasteiger partial charge in [-0.05, 0) is 0 Å². The Balaban J connectivity index is 3.50. The normalized spacial score (nSPS) is 11.2. The molecule has 0 fully saturated rings. The van der Waals surface area contributed by atoms with Gasteiger partial charge in [0.1, 0.15) is 6.21 Å². The molecule has 42 valence electrons. The van der Waals surface area contributed by atoms with Crippen LogP contribution in [0.3, 0.4) is 0 Å². The largest absolute Gasteiger partial charge is 0.293 e. The van der Waals surface area contributed by atoms with Gasteiger partial charge in [0.15, 0.2) is 11.2 Å². The molecule has 0 aliphatic rings. The van der Waals surface area contributed by atoms with Crippen LogP contribution >= 0.6 is 0 Å². The standard InChI is InChI=1S/C5H6NOS/c1-5(7)4-6-2-3-8/h2-3,8H,1H3/q+1/b3-2+,6-4?. The molecular formula is C5H6NOS+. The molecule has 0 amide bonds. The van der Waals surface area contributed by atoms with Crippen molar-refractivity contribution in [1.82, 2.24) is 0 Å². The molecule has 0 atom stereocenters. The summed E-state index contributed by atoms with van der Waals surface area (Å²) >= 11 is 3.70. The zero-order valence-electron chi connectivity index (χ0n) is 4.46. The zero-order chi connectivity index (χ0) is 6.41. The predicted molar refractivity (Wildman–Crippen MR) is 36.0 cm³/mol. The maximum Gasteiger partial charge on any atom is 0.217 e. The fourth-order valence-corrected chi connectivity index (χ4v) is 0.228. The van der Waals surface area contributed by atoms with E-state index in [0.717, 1.165) is 0 Å². The zero-order valence-corrected chi connectivity index (χ0v) is 5.35. The van der Waals surface area contributed by atoms with E-state index in [-0.39, 0.29) is 5.78 Å². The minimum atomic E-state index is -0.184. The smallest absolute Gasteiger partial charge is 0.217 e. The average Bonchev–Trinajstić information content (AvgIpc) is 1.66. The van der Waals surface area contributed by atoms with Gasteiger partial charge in [0, 0.05) is 6.92 Å². The van der Waals surface area contributed by atoms with Gasteiger partial charge in [-0.15, -0.1) is 0 Å². The summed E-state index contributed by atoms with van der Waals surface area (Å²) in [5.74, 6) is -0.184. The van der Waals surface area contributed by atoms with Crippen molar-refractivity contribution in [3.05, 3.63) is 11.6 Å². The topological polar surface area (TPSA) is 29.4 Å². The minimum Gasteiger partial charge on any atom is -0.293 e. The fraction of sp³-hybridized carbons (Fsp3) is 0.200. The Hall–Kier alpha value is -0.570. The van der Waals surface area contributed by atoms with Crippen LogP contribution in [0, 0.1) is 0 Å². The number of aliphatic imine (C=N–C) groups is 1. The molecule has 0 aromatic rings. The summed E-state index contributed by atoms with van der Waals surface area (Å²) in [4.78, 5) is 13.5. The van der Waals surface area contributed by atoms with Crippen molar-refractivity contribution < 1.29 is 4.79 Å². The van der Waals surface area contributed by atoms with Crippen molar-refractivity contribution in [3.63, 3.8) is 0 Å². The molecule has 0 aromatic carbocycles. The second kappa shape index (κ2) is 4.59. The minimum absolute atomic E-state index is 0.184. The first-order chi connectivity index (χ1) is 3.77. The molecule has 2 radical (unpaired) electrons. The highest BCUT2D eigenvalue weighted by Gasteiger charge is 1.79. The second-order valence-corrected chi connectivity index (χ2v) is 1.39. The van der Waals surface area contributed by atoms with Gasteiger partial charge >= 0.3 is 0 Å². The lowest BCUT2D eigenvalue weighted by Gasteiger charge is -1.68. The van der Waals surface area contributed by atoms with E-state index in [1.807, 2.05) is 0 Å². The van der Waals surface area contributed by atoms with Gasteiger partial charge in [0.05, 0.1) is 6.20 Å². The van der Waals surface area contributed by atoms with E-state index in [4.69, 9.17) is 0 Å². The van der Waals surface area contributed by atoms with Gasteiger partial charge < -0.3 is 0 Å². The van der Waals surface area contributed by atoms with Crippen molar-refractivity contribution in [3.8, 4) is 0 Å². The second-order valence-electron chi connectivity index (χ2n) is 1.10. The van der Waals surface area contributed by atoms with Gasteiger partial charge in [0.25, 0.3) is 0 Å². The first kappa shape index (κ1) is 7.43. The summed E-state index contributed by atoms with van der Waals surface area (Å²) in [6, 6.07) is 0. The first-order valence-electron chi connectivity index (χ1n) is 2.03. The molecule has 0 heterocycles. The Labute approximate surface area is 53.7 Å². The number of hydrogen-bond donors (Lipinski definition) is 0. The monoisotopic (exact) mass is 128 g/mol. The number of nitrogens with zero attached hydrogens (tertiary/aromatic N) is 1. The third kappa shape index (κ3) is 5.43. The molecule has 0 aromatic heterocycles. The summed E-state index contributed by atoms with van der Waals surface area (Å²) in [5.41, 5.74) is 0. The Bertz CT molecular complexity index is 128. The van der Waals surface area contributed by atoms with Gasteiger partial charge in [0.2, 0.25) is 12.6 Å². The quantitative estimate of drug-likeness (QED) is 0.298. The average molecular weight is 128 g/mol. The summed E-state index contributed by atoms with van der Waals surface area (Å²) < 4.78 is 0. The molecule has 0 saturated carbocycles. The van der Waals surface area contributed by atoms with Crippen LogP contribution in [0.2, 0.25) is 0 Å². The van der Waals surface area contributed by atoms with Crippen LogP contribution in [0.25, 0.3) is 0 Å². The molecular weight excluding hydrogens is 122 g/mol. The van der Waals surface area contributed by atoms with Crippen LogP contribution in [0.1, 0.15) is 6.92 Å². The van der Waals surface area contributed by atoms with Crippen molar-refractivity contribution in [2.24, 2.45) is 4.99 Å². The highest BCUT2D eigenvalue weighted by Crippen LogP contribution is 1.69. The molecule has 8 heavy (non-hydrogen) atoms. The lowest BCUT2D eigenvalue weighted by atomic mass is 10.5. The molecule has 0 unspecified atom stereocenters. The Kier molecular flexibility index (Phi) is 4.26. The molecule has 2 nitrogen and oxygen atoms in total. The van der Waals surface area contributed by atoms with Crippen LogP contribution in [-0.2, 0) is 17.4 Å². The van der Waals surface area contributed by atoms with Crippen LogP contribution < -0.4 is 0 Å². The maximum atomic E-state index is 10.1. The summed E-state index contributed by atoms with van der Waals surface area (Å²) in [6.07, 6.45) is 3.58. The van der Waals surface area contributed by atoms with Gasteiger partial charge in [-0.25, -0.2) is 4.99 Å². The van der Waals surface area contributed by atoms with E-state index in [1.54, 1.807) is 0 Å². The van der Waals surface area contributed by atoms with E-state index >= 15 is 0 Å². The fourth-order valence-electron chi connectivity index (χ4n) is 0.162. The van der Waals surface area contributed by atoms with Crippen molar-refractivity contribution in [1.29, 1.82) is 0 Å². The lowest BCUT2D eigenvalue weighted by Crippen LogP contribution is -1.87. The molecule has 0 N–H and O–H groups in total. The number of ketones is 1. The molecule has 0 aliphatic carbocycles. The lowest BCUT2D eigenvalue weighted by molar-refractivity contribution is -0.110. The van der Waals surface area contributed by atoms with Crippen molar-refractivity contribution in [2.75, 3.05) is 0 Å². The number of carbonyl (C=O) groups is 1. The first-order valence-corrected chi connectivity index (χ1v) is 2.54. The highest BCUT2D eigenvalue weighted by atomic mass is 32.1. The third-order valence-corrected chi connectivity index (χ3v) is 0.497. The predicted octanol–water partition coefficient (Wildman–Crippen LogP) is 0.274. The number of rotatable bonds is 2. The van der Waals surface area contributed by atoms with Crippen LogP contribution in [0.5, 0.6) is 0 Å². The van der Waals surface area contributed by atoms with E-state index in [9.17, 15) is 4.79 Å². The van der Waals surface area contributed by atoms with Crippen LogP contribution in [-0.4, -0.2) is 12.0 Å². The SMILES string of the molecule is CC(=O)[C]=N/C=C/[SH+]. The van der Waals surface area contributed by atoms with E-state index in [2.05, 4.69) is 23.8 Å². The van der Waals surface area contributed by atoms with Gasteiger partial charge in [-0.1, -0.05) is 0 Å². The summed E-state index contributed by atoms with van der Waals surface area (Å²) in [7, 11) is 0. The van der Waals surface area contributed by atoms with Gasteiger partial charge in [-0.3, -0.25) is 4.79 Å². The Morgan fingerprint density at radius 1 is 1.88 bits per heavy atom. The maximum absolute atomic E-state index is 10.1. The third-order valence-electron chi connectivity index (χ3n) is 0.363. The summed E-state index contributed by atoms with van der Waals surface area (Å²) in [6.45, 7) is 1.38. The van der Waals surface area contributed by atoms with E-state index in [1.165, 1.54) is 18.5 Å². The molecule has 3 heteroatoms. The molecule has 0 bridgehead atoms. The number of thiol groups is 1. The molecule has 0 rings (SSSR count). The molecule has 0 saturated heterocycles. The van der Waals surface area contributed by atoms with Crippen molar-refractivity contribution in [2.45, 2.75) is 6.92 Å². The Morgan fingerprint density at radius 3 is 2.88 bits per heavy atom. The summed E-state index contributed by atoms with van der Waals surface area (Å²) in [5, 5.41) is 1.43. The van der Waals surface area contributed by atoms with E-state index < -0.39 is 0 Å². The van der Waals surface area contributed by atoms with E-state index in [0.29, 0.717) is 0 Å². The molecule has 0 spiro atoms. The van der Waals surface area contributed by atoms with Gasteiger partial charge in [-0.2, -0.15) is 0 Å². The molecule has 0 aliphatic heterocycles. The van der Waals surface area contributed by atoms with Crippen molar-refractivity contribution >= 4 is 24.6 Å². The van der Waals surface area contributed by atoms with Crippen LogP contribution in [0.15, 0.2) is 16.6 Å². The highest BCUT2D eigenvalue weighted by molar-refractivity contribution is 7.62. The number of hydrogen-bond acceptors (Lipinski definition) is 3.